The van der Waals surface area contributed by atoms with Gasteiger partial charge in [0.1, 0.15) is 11.2 Å². The smallest absolute Gasteiger partial charge is 0.164 e. The molecule has 0 saturated heterocycles. The van der Waals surface area contributed by atoms with Crippen LogP contribution in [0.1, 0.15) is 25.0 Å². The lowest BCUT2D eigenvalue weighted by Crippen LogP contribution is -2.15. The van der Waals surface area contributed by atoms with Gasteiger partial charge in [-0.1, -0.05) is 159 Å². The zero-order valence-electron chi connectivity index (χ0n) is 32.0. The lowest BCUT2D eigenvalue weighted by Gasteiger charge is -2.21. The molecule has 0 atom stereocenters. The monoisotopic (exact) mass is 741 g/mol. The van der Waals surface area contributed by atoms with Gasteiger partial charge in [0.2, 0.25) is 0 Å². The minimum atomic E-state index is -0.148. The second-order valence-electron chi connectivity index (χ2n) is 16.0. The van der Waals surface area contributed by atoms with Gasteiger partial charge in [0.15, 0.2) is 17.5 Å². The molecule has 58 heavy (non-hydrogen) atoms. The number of para-hydroxylation sites is 1. The van der Waals surface area contributed by atoms with Crippen molar-refractivity contribution in [3.63, 3.8) is 0 Å². The first-order valence-electron chi connectivity index (χ1n) is 19.8. The molecular weight excluding hydrogens is 707 g/mol. The van der Waals surface area contributed by atoms with Crippen molar-refractivity contribution in [3.8, 4) is 56.4 Å². The van der Waals surface area contributed by atoms with Gasteiger partial charge in [-0.3, -0.25) is 0 Å². The van der Waals surface area contributed by atoms with E-state index >= 15 is 0 Å². The predicted octanol–water partition coefficient (Wildman–Crippen LogP) is 14.2. The zero-order valence-corrected chi connectivity index (χ0v) is 32.0. The molecular formula is C54H35N3O. The number of fused-ring (bicyclic) bond motifs is 12. The van der Waals surface area contributed by atoms with Gasteiger partial charge in [-0.2, -0.15) is 0 Å². The highest BCUT2D eigenvalue weighted by Crippen LogP contribution is 2.49. The number of benzene rings is 9. The average Bonchev–Trinajstić information content (AvgIpc) is 3.76. The Bertz CT molecular complexity index is 3470. The van der Waals surface area contributed by atoms with E-state index < -0.39 is 0 Å². The molecule has 4 heteroatoms. The first kappa shape index (κ1) is 32.8. The minimum absolute atomic E-state index is 0.148. The van der Waals surface area contributed by atoms with Crippen LogP contribution in [0, 0.1) is 0 Å². The molecule has 0 N–H and O–H groups in total. The van der Waals surface area contributed by atoms with E-state index in [1.807, 2.05) is 18.2 Å². The summed E-state index contributed by atoms with van der Waals surface area (Å²) in [5.41, 5.74) is 12.0. The molecule has 1 aliphatic rings. The van der Waals surface area contributed by atoms with Crippen molar-refractivity contribution in [3.05, 3.63) is 187 Å². The molecule has 0 unspecified atom stereocenters. The van der Waals surface area contributed by atoms with E-state index in [1.165, 1.54) is 54.7 Å². The Morgan fingerprint density at radius 3 is 1.62 bits per heavy atom. The van der Waals surface area contributed by atoms with Gasteiger partial charge < -0.3 is 4.42 Å². The zero-order chi connectivity index (χ0) is 38.5. The molecule has 0 saturated carbocycles. The van der Waals surface area contributed by atoms with Gasteiger partial charge in [-0.15, -0.1) is 0 Å². The molecule has 9 aromatic carbocycles. The summed E-state index contributed by atoms with van der Waals surface area (Å²) in [5, 5.41) is 9.30. The van der Waals surface area contributed by atoms with Gasteiger partial charge in [0.25, 0.3) is 0 Å². The number of rotatable bonds is 4. The molecule has 0 amide bonds. The number of hydrogen-bond acceptors (Lipinski definition) is 4. The van der Waals surface area contributed by atoms with Gasteiger partial charge in [-0.05, 0) is 96.0 Å². The molecule has 4 nitrogen and oxygen atoms in total. The maximum atomic E-state index is 6.35. The normalized spacial score (nSPS) is 13.1. The Morgan fingerprint density at radius 2 is 0.845 bits per heavy atom. The summed E-state index contributed by atoms with van der Waals surface area (Å²) in [4.78, 5) is 15.7. The Hall–Kier alpha value is -7.43. The summed E-state index contributed by atoms with van der Waals surface area (Å²) in [6.07, 6.45) is 0. The molecule has 0 bridgehead atoms. The molecule has 0 radical (unpaired) electrons. The summed E-state index contributed by atoms with van der Waals surface area (Å²) in [6.45, 7) is 4.62. The van der Waals surface area contributed by atoms with Crippen molar-refractivity contribution >= 4 is 54.3 Å². The first-order chi connectivity index (χ1) is 28.5. The SMILES string of the molecule is CC1(C)c2ccccc2-c2ccc(-c3nc(-c4ccc(-c5ccccc5)cc4)nc(-c4ccc5c(c4)c4ccccc4c4cc6oc7ccccc7c6cc54)n3)cc21. The Morgan fingerprint density at radius 1 is 0.328 bits per heavy atom. The van der Waals surface area contributed by atoms with Crippen LogP contribution in [0.5, 0.6) is 0 Å². The summed E-state index contributed by atoms with van der Waals surface area (Å²) < 4.78 is 6.35. The van der Waals surface area contributed by atoms with Crippen molar-refractivity contribution in [1.82, 2.24) is 15.0 Å². The number of nitrogens with zero attached hydrogens (tertiary/aromatic N) is 3. The fourth-order valence-electron chi connectivity index (χ4n) is 9.36. The lowest BCUT2D eigenvalue weighted by molar-refractivity contribution is 0.660. The molecule has 272 valence electrons. The third kappa shape index (κ3) is 4.91. The molecule has 0 spiro atoms. The Balaban J connectivity index is 1.06. The summed E-state index contributed by atoms with van der Waals surface area (Å²) in [5.74, 6) is 1.93. The Kier molecular flexibility index (Phi) is 6.94. The highest BCUT2D eigenvalue weighted by atomic mass is 16.3. The number of hydrogen-bond donors (Lipinski definition) is 0. The molecule has 11 aromatic rings. The van der Waals surface area contributed by atoms with Crippen LogP contribution in [-0.2, 0) is 5.41 Å². The van der Waals surface area contributed by atoms with E-state index in [2.05, 4.69) is 172 Å². The average molecular weight is 742 g/mol. The van der Waals surface area contributed by atoms with Crippen molar-refractivity contribution in [2.75, 3.05) is 0 Å². The maximum absolute atomic E-state index is 6.35. The van der Waals surface area contributed by atoms with Crippen molar-refractivity contribution < 1.29 is 4.42 Å². The standard InChI is InChI=1S/C54H35N3O/c1-54(2)47-18-10-8-16-40(47)41-27-25-36(29-48(41)54)53-56-51(34-22-20-33(21-23-34)32-12-4-3-5-13-32)55-52(57-53)35-24-26-39-43(28-35)37-14-6-7-15-38(37)45-31-50-46(30-44(39)45)42-17-9-11-19-49(42)58-50/h3-31H,1-2H3. The van der Waals surface area contributed by atoms with Crippen LogP contribution in [0.25, 0.3) is 111 Å². The van der Waals surface area contributed by atoms with E-state index in [4.69, 9.17) is 19.4 Å². The van der Waals surface area contributed by atoms with Crippen LogP contribution >= 0.6 is 0 Å². The van der Waals surface area contributed by atoms with E-state index in [-0.39, 0.29) is 5.41 Å². The summed E-state index contributed by atoms with van der Waals surface area (Å²) in [7, 11) is 0. The fraction of sp³-hybridized carbons (Fsp3) is 0.0556. The van der Waals surface area contributed by atoms with Crippen LogP contribution in [0.4, 0.5) is 0 Å². The van der Waals surface area contributed by atoms with Crippen molar-refractivity contribution in [1.29, 1.82) is 0 Å². The number of aromatic nitrogens is 3. The summed E-state index contributed by atoms with van der Waals surface area (Å²) in [6, 6.07) is 62.5. The van der Waals surface area contributed by atoms with E-state index in [9.17, 15) is 0 Å². The van der Waals surface area contributed by atoms with Gasteiger partial charge in [-0.25, -0.2) is 15.0 Å². The summed E-state index contributed by atoms with van der Waals surface area (Å²) >= 11 is 0. The Labute approximate surface area is 335 Å². The third-order valence-electron chi connectivity index (χ3n) is 12.3. The quantitative estimate of drug-likeness (QED) is 0.169. The molecule has 0 fully saturated rings. The predicted molar refractivity (Wildman–Crippen MR) is 239 cm³/mol. The maximum Gasteiger partial charge on any atom is 0.164 e. The van der Waals surface area contributed by atoms with Gasteiger partial charge >= 0.3 is 0 Å². The minimum Gasteiger partial charge on any atom is -0.456 e. The van der Waals surface area contributed by atoms with Gasteiger partial charge in [0, 0.05) is 32.9 Å². The van der Waals surface area contributed by atoms with Crippen molar-refractivity contribution in [2.24, 2.45) is 0 Å². The highest BCUT2D eigenvalue weighted by molar-refractivity contribution is 6.28. The highest BCUT2D eigenvalue weighted by Gasteiger charge is 2.35. The van der Waals surface area contributed by atoms with E-state index in [0.29, 0.717) is 17.5 Å². The topological polar surface area (TPSA) is 51.8 Å². The van der Waals surface area contributed by atoms with Gasteiger partial charge in [0.05, 0.1) is 0 Å². The second kappa shape index (κ2) is 12.3. The van der Waals surface area contributed by atoms with E-state index in [1.54, 1.807) is 0 Å². The molecule has 2 aromatic heterocycles. The van der Waals surface area contributed by atoms with Crippen molar-refractivity contribution in [2.45, 2.75) is 19.3 Å². The molecule has 0 aliphatic heterocycles. The van der Waals surface area contributed by atoms with Crippen LogP contribution < -0.4 is 0 Å². The molecule has 1 aliphatic carbocycles. The lowest BCUT2D eigenvalue weighted by atomic mass is 9.82. The third-order valence-corrected chi connectivity index (χ3v) is 12.3. The molecule has 2 heterocycles. The van der Waals surface area contributed by atoms with Crippen LogP contribution in [-0.4, -0.2) is 15.0 Å². The fourth-order valence-corrected chi connectivity index (χ4v) is 9.36. The number of furan rings is 1. The second-order valence-corrected chi connectivity index (χ2v) is 16.0. The van der Waals surface area contributed by atoms with Crippen LogP contribution in [0.2, 0.25) is 0 Å². The first-order valence-corrected chi connectivity index (χ1v) is 19.8. The van der Waals surface area contributed by atoms with E-state index in [0.717, 1.165) is 49.6 Å². The van der Waals surface area contributed by atoms with Crippen LogP contribution in [0.15, 0.2) is 180 Å². The van der Waals surface area contributed by atoms with Crippen LogP contribution in [0.3, 0.4) is 0 Å². The molecule has 12 rings (SSSR count). The largest absolute Gasteiger partial charge is 0.456 e.